The highest BCUT2D eigenvalue weighted by molar-refractivity contribution is 9.10. The standard InChI is InChI=1S/C19H17BrN2O3/c1-12-15-11-14(20)7-8-16(15)25-17(12)19(24)22-10-9-21-18(23)13-5-3-2-4-6-13/h2-8,11H,9-10H2,1H3,(H,21,23)(H,22,24). The lowest BCUT2D eigenvalue weighted by Crippen LogP contribution is -2.34. The molecule has 25 heavy (non-hydrogen) atoms. The number of halogens is 1. The number of amides is 2. The minimum atomic E-state index is -0.293. The van der Waals surface area contributed by atoms with Crippen LogP contribution in [0.25, 0.3) is 11.0 Å². The molecule has 2 aromatic carbocycles. The fourth-order valence-electron chi connectivity index (χ4n) is 2.53. The molecule has 2 amide bonds. The summed E-state index contributed by atoms with van der Waals surface area (Å²) in [6.07, 6.45) is 0. The van der Waals surface area contributed by atoms with Crippen LogP contribution in [-0.2, 0) is 0 Å². The fraction of sp³-hybridized carbons (Fsp3) is 0.158. The summed E-state index contributed by atoms with van der Waals surface area (Å²) in [7, 11) is 0. The van der Waals surface area contributed by atoms with Crippen LogP contribution in [0, 0.1) is 6.92 Å². The van der Waals surface area contributed by atoms with Crippen molar-refractivity contribution in [3.05, 3.63) is 69.9 Å². The molecule has 0 atom stereocenters. The van der Waals surface area contributed by atoms with Crippen molar-refractivity contribution >= 4 is 38.7 Å². The van der Waals surface area contributed by atoms with Gasteiger partial charge in [-0.05, 0) is 37.3 Å². The number of aryl methyl sites for hydroxylation is 1. The van der Waals surface area contributed by atoms with Crippen LogP contribution in [0.3, 0.4) is 0 Å². The fourth-order valence-corrected chi connectivity index (χ4v) is 2.89. The first-order chi connectivity index (χ1) is 12.1. The Morgan fingerprint density at radius 3 is 2.40 bits per heavy atom. The van der Waals surface area contributed by atoms with Crippen LogP contribution in [0.15, 0.2) is 57.4 Å². The number of rotatable bonds is 5. The van der Waals surface area contributed by atoms with Gasteiger partial charge in [0, 0.05) is 34.1 Å². The zero-order chi connectivity index (χ0) is 17.8. The molecule has 0 aliphatic heterocycles. The van der Waals surface area contributed by atoms with Crippen molar-refractivity contribution in [3.63, 3.8) is 0 Å². The van der Waals surface area contributed by atoms with E-state index in [1.165, 1.54) is 0 Å². The maximum Gasteiger partial charge on any atom is 0.287 e. The zero-order valence-electron chi connectivity index (χ0n) is 13.6. The summed E-state index contributed by atoms with van der Waals surface area (Å²) in [5.74, 6) is -0.166. The summed E-state index contributed by atoms with van der Waals surface area (Å²) in [5.41, 5.74) is 2.05. The number of hydrogen-bond acceptors (Lipinski definition) is 3. The van der Waals surface area contributed by atoms with E-state index in [4.69, 9.17) is 4.42 Å². The van der Waals surface area contributed by atoms with Crippen LogP contribution in [0.5, 0.6) is 0 Å². The summed E-state index contributed by atoms with van der Waals surface area (Å²) in [5, 5.41) is 6.43. The first-order valence-electron chi connectivity index (χ1n) is 7.86. The Hall–Kier alpha value is -2.60. The first kappa shape index (κ1) is 17.2. The maximum absolute atomic E-state index is 12.3. The Kier molecular flexibility index (Phi) is 5.19. The second kappa shape index (κ2) is 7.53. The Bertz CT molecular complexity index is 919. The van der Waals surface area contributed by atoms with Gasteiger partial charge in [-0.3, -0.25) is 9.59 Å². The van der Waals surface area contributed by atoms with Gasteiger partial charge in [-0.25, -0.2) is 0 Å². The third kappa shape index (κ3) is 3.91. The number of hydrogen-bond donors (Lipinski definition) is 2. The van der Waals surface area contributed by atoms with Crippen LogP contribution >= 0.6 is 15.9 Å². The summed E-state index contributed by atoms with van der Waals surface area (Å²) in [6.45, 7) is 2.51. The molecule has 128 valence electrons. The van der Waals surface area contributed by atoms with E-state index in [1.807, 2.05) is 31.2 Å². The van der Waals surface area contributed by atoms with Crippen molar-refractivity contribution in [2.75, 3.05) is 13.1 Å². The van der Waals surface area contributed by atoms with E-state index in [-0.39, 0.29) is 11.8 Å². The molecule has 0 aliphatic carbocycles. The van der Waals surface area contributed by atoms with Crippen molar-refractivity contribution in [2.45, 2.75) is 6.92 Å². The molecule has 2 N–H and O–H groups in total. The van der Waals surface area contributed by atoms with Gasteiger partial charge in [0.25, 0.3) is 11.8 Å². The smallest absolute Gasteiger partial charge is 0.287 e. The van der Waals surface area contributed by atoms with Gasteiger partial charge < -0.3 is 15.1 Å². The average Bonchev–Trinajstić information content (AvgIpc) is 2.95. The van der Waals surface area contributed by atoms with Crippen molar-refractivity contribution < 1.29 is 14.0 Å². The van der Waals surface area contributed by atoms with Crippen LogP contribution in [-0.4, -0.2) is 24.9 Å². The van der Waals surface area contributed by atoms with Gasteiger partial charge in [0.2, 0.25) is 0 Å². The Labute approximate surface area is 153 Å². The van der Waals surface area contributed by atoms with Crippen molar-refractivity contribution in [1.82, 2.24) is 10.6 Å². The van der Waals surface area contributed by atoms with E-state index in [2.05, 4.69) is 26.6 Å². The minimum Gasteiger partial charge on any atom is -0.451 e. The highest BCUT2D eigenvalue weighted by atomic mass is 79.9. The van der Waals surface area contributed by atoms with Crippen LogP contribution < -0.4 is 10.6 Å². The predicted octanol–water partition coefficient (Wildman–Crippen LogP) is 3.66. The van der Waals surface area contributed by atoms with E-state index >= 15 is 0 Å². The number of benzene rings is 2. The number of carbonyl (C=O) groups excluding carboxylic acids is 2. The van der Waals surface area contributed by atoms with Gasteiger partial charge in [-0.2, -0.15) is 0 Å². The quantitative estimate of drug-likeness (QED) is 0.641. The van der Waals surface area contributed by atoms with Gasteiger partial charge in [0.1, 0.15) is 5.58 Å². The molecule has 1 aromatic heterocycles. The van der Waals surface area contributed by atoms with Crippen molar-refractivity contribution in [3.8, 4) is 0 Å². The molecule has 6 heteroatoms. The predicted molar refractivity (Wildman–Crippen MR) is 99.8 cm³/mol. The molecule has 0 saturated heterocycles. The summed E-state index contributed by atoms with van der Waals surface area (Å²) >= 11 is 3.41. The van der Waals surface area contributed by atoms with E-state index < -0.39 is 0 Å². The third-order valence-electron chi connectivity index (χ3n) is 3.84. The van der Waals surface area contributed by atoms with Crippen LogP contribution in [0.1, 0.15) is 26.5 Å². The lowest BCUT2D eigenvalue weighted by Gasteiger charge is -2.06. The van der Waals surface area contributed by atoms with E-state index in [9.17, 15) is 9.59 Å². The van der Waals surface area contributed by atoms with Gasteiger partial charge in [-0.15, -0.1) is 0 Å². The molecule has 0 bridgehead atoms. The molecule has 5 nitrogen and oxygen atoms in total. The van der Waals surface area contributed by atoms with E-state index in [0.717, 1.165) is 15.4 Å². The number of fused-ring (bicyclic) bond motifs is 1. The number of nitrogens with one attached hydrogen (secondary N) is 2. The minimum absolute atomic E-state index is 0.167. The zero-order valence-corrected chi connectivity index (χ0v) is 15.2. The second-order valence-electron chi connectivity index (χ2n) is 5.57. The Balaban J connectivity index is 1.56. The highest BCUT2D eigenvalue weighted by Crippen LogP contribution is 2.27. The third-order valence-corrected chi connectivity index (χ3v) is 4.33. The van der Waals surface area contributed by atoms with Gasteiger partial charge in [-0.1, -0.05) is 34.1 Å². The van der Waals surface area contributed by atoms with Crippen molar-refractivity contribution in [2.24, 2.45) is 0 Å². The highest BCUT2D eigenvalue weighted by Gasteiger charge is 2.17. The molecule has 0 aliphatic rings. The normalized spacial score (nSPS) is 10.6. The summed E-state index contributed by atoms with van der Waals surface area (Å²) in [4.78, 5) is 24.2. The molecule has 0 spiro atoms. The van der Waals surface area contributed by atoms with E-state index in [1.54, 1.807) is 24.3 Å². The summed E-state index contributed by atoms with van der Waals surface area (Å²) in [6, 6.07) is 14.6. The molecule has 1 heterocycles. The van der Waals surface area contributed by atoms with Gasteiger partial charge in [0.05, 0.1) is 0 Å². The molecule has 0 saturated carbocycles. The van der Waals surface area contributed by atoms with Crippen LogP contribution in [0.4, 0.5) is 0 Å². The van der Waals surface area contributed by atoms with E-state index in [0.29, 0.717) is 30.0 Å². The molecule has 3 aromatic rings. The first-order valence-corrected chi connectivity index (χ1v) is 8.65. The van der Waals surface area contributed by atoms with Gasteiger partial charge >= 0.3 is 0 Å². The van der Waals surface area contributed by atoms with Crippen LogP contribution in [0.2, 0.25) is 0 Å². The monoisotopic (exact) mass is 400 g/mol. The molecule has 0 unspecified atom stereocenters. The Morgan fingerprint density at radius 2 is 1.68 bits per heavy atom. The molecular formula is C19H17BrN2O3. The lowest BCUT2D eigenvalue weighted by molar-refractivity contribution is 0.0911. The Morgan fingerprint density at radius 1 is 1.00 bits per heavy atom. The topological polar surface area (TPSA) is 71.3 Å². The molecule has 0 fully saturated rings. The molecule has 3 rings (SSSR count). The number of furan rings is 1. The SMILES string of the molecule is Cc1c(C(=O)NCCNC(=O)c2ccccc2)oc2ccc(Br)cc12. The second-order valence-corrected chi connectivity index (χ2v) is 6.49. The average molecular weight is 401 g/mol. The van der Waals surface area contributed by atoms with Gasteiger partial charge in [0.15, 0.2) is 5.76 Å². The lowest BCUT2D eigenvalue weighted by atomic mass is 10.1. The summed E-state index contributed by atoms with van der Waals surface area (Å²) < 4.78 is 6.57. The maximum atomic E-state index is 12.3. The van der Waals surface area contributed by atoms with Crippen molar-refractivity contribution in [1.29, 1.82) is 0 Å². The number of carbonyl (C=O) groups is 2. The largest absolute Gasteiger partial charge is 0.451 e. The molecule has 0 radical (unpaired) electrons. The molecular weight excluding hydrogens is 384 g/mol.